The molecule has 0 nitrogen and oxygen atoms in total. The van der Waals surface area contributed by atoms with E-state index in [9.17, 15) is 0 Å². The first-order chi connectivity index (χ1) is 4.85. The molecule has 10 heavy (non-hydrogen) atoms. The van der Waals surface area contributed by atoms with E-state index in [-0.39, 0.29) is 0 Å². The molecule has 59 valence electrons. The summed E-state index contributed by atoms with van der Waals surface area (Å²) >= 11 is 0. The van der Waals surface area contributed by atoms with Crippen LogP contribution in [0.25, 0.3) is 0 Å². The maximum Gasteiger partial charge on any atom is -0.0348 e. The molecule has 0 N–H and O–H groups in total. The molecule has 0 amide bonds. The molecule has 0 rings (SSSR count). The summed E-state index contributed by atoms with van der Waals surface area (Å²) in [5.74, 6) is 0.931. The van der Waals surface area contributed by atoms with Gasteiger partial charge in [-0.05, 0) is 18.8 Å². The smallest absolute Gasteiger partial charge is 0.0348 e. The van der Waals surface area contributed by atoms with Crippen LogP contribution in [0.2, 0.25) is 0 Å². The van der Waals surface area contributed by atoms with Crippen molar-refractivity contribution in [2.75, 3.05) is 0 Å². The molecule has 0 heteroatoms. The molecule has 0 aromatic carbocycles. The van der Waals surface area contributed by atoms with Crippen molar-refractivity contribution in [2.45, 2.75) is 46.0 Å². The van der Waals surface area contributed by atoms with Gasteiger partial charge in [-0.1, -0.05) is 45.8 Å². The van der Waals surface area contributed by atoms with Gasteiger partial charge in [-0.2, -0.15) is 0 Å². The van der Waals surface area contributed by atoms with E-state index < -0.39 is 0 Å². The minimum atomic E-state index is 0.931. The zero-order valence-electron chi connectivity index (χ0n) is 7.27. The number of allylic oxidation sites excluding steroid dienone is 1. The first kappa shape index (κ1) is 9.74. The highest BCUT2D eigenvalue weighted by molar-refractivity contribution is 4.64. The van der Waals surface area contributed by atoms with Gasteiger partial charge in [-0.25, -0.2) is 0 Å². The number of unbranched alkanes of at least 4 members (excludes halogenated alkanes) is 1. The quantitative estimate of drug-likeness (QED) is 0.493. The summed E-state index contributed by atoms with van der Waals surface area (Å²) in [4.78, 5) is 0. The third kappa shape index (κ3) is 4.60. The van der Waals surface area contributed by atoms with Gasteiger partial charge in [-0.3, -0.25) is 0 Å². The molecule has 0 heterocycles. The van der Waals surface area contributed by atoms with Crippen LogP contribution in [0.3, 0.4) is 0 Å². The molecule has 0 unspecified atom stereocenters. The van der Waals surface area contributed by atoms with Gasteiger partial charge >= 0.3 is 0 Å². The van der Waals surface area contributed by atoms with Gasteiger partial charge in [0.15, 0.2) is 0 Å². The average Bonchev–Trinajstić information content (AvgIpc) is 1.99. The highest BCUT2D eigenvalue weighted by Gasteiger charge is 2.00. The van der Waals surface area contributed by atoms with E-state index in [1.54, 1.807) is 6.08 Å². The van der Waals surface area contributed by atoms with Crippen LogP contribution in [-0.2, 0) is 0 Å². The molecule has 0 saturated carbocycles. The SMILES string of the molecule is [CH]=CCCCC(CC)CC. The van der Waals surface area contributed by atoms with Crippen molar-refractivity contribution in [3.05, 3.63) is 12.7 Å². The molecule has 0 aromatic rings. The van der Waals surface area contributed by atoms with Crippen molar-refractivity contribution in [2.24, 2.45) is 5.92 Å². The van der Waals surface area contributed by atoms with Crippen LogP contribution in [0.1, 0.15) is 46.0 Å². The highest BCUT2D eigenvalue weighted by atomic mass is 14.1. The molecule has 0 atom stereocenters. The summed E-state index contributed by atoms with van der Waals surface area (Å²) in [5, 5.41) is 0. The van der Waals surface area contributed by atoms with Crippen LogP contribution in [0, 0.1) is 12.5 Å². The summed E-state index contributed by atoms with van der Waals surface area (Å²) in [6.45, 7) is 9.80. The van der Waals surface area contributed by atoms with E-state index in [4.69, 9.17) is 6.58 Å². The van der Waals surface area contributed by atoms with Gasteiger partial charge in [0.1, 0.15) is 0 Å². The molecule has 0 aliphatic rings. The zero-order valence-corrected chi connectivity index (χ0v) is 7.27. The number of hydrogen-bond acceptors (Lipinski definition) is 0. The summed E-state index contributed by atoms with van der Waals surface area (Å²) in [6.07, 6.45) is 8.10. The van der Waals surface area contributed by atoms with E-state index in [0.29, 0.717) is 0 Å². The topological polar surface area (TPSA) is 0 Å². The molecule has 0 aliphatic heterocycles. The normalized spacial score (nSPS) is 10.3. The molecular weight excluding hydrogens is 120 g/mol. The Kier molecular flexibility index (Phi) is 6.68. The molecule has 0 spiro atoms. The van der Waals surface area contributed by atoms with Crippen LogP contribution in [-0.4, -0.2) is 0 Å². The lowest BCUT2D eigenvalue weighted by molar-refractivity contribution is 0.443. The summed E-state index contributed by atoms with van der Waals surface area (Å²) in [7, 11) is 0. The molecule has 0 bridgehead atoms. The Morgan fingerprint density at radius 1 is 1.30 bits per heavy atom. The summed E-state index contributed by atoms with van der Waals surface area (Å²) < 4.78 is 0. The second-order valence-electron chi connectivity index (χ2n) is 2.85. The van der Waals surface area contributed by atoms with Gasteiger partial charge in [0.05, 0.1) is 0 Å². The van der Waals surface area contributed by atoms with Crippen LogP contribution >= 0.6 is 0 Å². The van der Waals surface area contributed by atoms with Crippen LogP contribution in [0.4, 0.5) is 0 Å². The number of hydrogen-bond donors (Lipinski definition) is 0. The second-order valence-corrected chi connectivity index (χ2v) is 2.85. The lowest BCUT2D eigenvalue weighted by Gasteiger charge is -2.09. The zero-order chi connectivity index (χ0) is 7.82. The maximum atomic E-state index is 5.27. The molecule has 0 aliphatic carbocycles. The fraction of sp³-hybridized carbons (Fsp3) is 0.800. The van der Waals surface area contributed by atoms with E-state index in [2.05, 4.69) is 13.8 Å². The molecule has 0 saturated heterocycles. The average molecular weight is 139 g/mol. The highest BCUT2D eigenvalue weighted by Crippen LogP contribution is 2.15. The first-order valence-corrected chi connectivity index (χ1v) is 4.38. The van der Waals surface area contributed by atoms with Crippen molar-refractivity contribution in [3.63, 3.8) is 0 Å². The Bertz CT molecular complexity index is 70.1. The molecule has 1 radical (unpaired) electrons. The van der Waals surface area contributed by atoms with Crippen LogP contribution in [0.15, 0.2) is 6.08 Å². The van der Waals surface area contributed by atoms with Crippen molar-refractivity contribution in [3.8, 4) is 0 Å². The number of rotatable bonds is 6. The second kappa shape index (κ2) is 6.85. The first-order valence-electron chi connectivity index (χ1n) is 4.38. The third-order valence-electron chi connectivity index (χ3n) is 2.14. The Hall–Kier alpha value is -0.260. The minimum absolute atomic E-state index is 0.931. The minimum Gasteiger partial charge on any atom is -0.0845 e. The Morgan fingerprint density at radius 3 is 2.30 bits per heavy atom. The molecule has 0 fully saturated rings. The van der Waals surface area contributed by atoms with Crippen molar-refractivity contribution in [1.29, 1.82) is 0 Å². The van der Waals surface area contributed by atoms with E-state index in [0.717, 1.165) is 12.3 Å². The predicted octanol–water partition coefficient (Wildman–Crippen LogP) is 3.58. The lowest BCUT2D eigenvalue weighted by Crippen LogP contribution is -1.95. The standard InChI is InChI=1S/C10H19/c1-4-7-8-9-10(5-2)6-3/h1,4,10H,5-9H2,2-3H3. The van der Waals surface area contributed by atoms with Gasteiger partial charge in [-0.15, -0.1) is 0 Å². The summed E-state index contributed by atoms with van der Waals surface area (Å²) in [6, 6.07) is 0. The van der Waals surface area contributed by atoms with Crippen LogP contribution in [0.5, 0.6) is 0 Å². The fourth-order valence-electron chi connectivity index (χ4n) is 1.22. The van der Waals surface area contributed by atoms with Gasteiger partial charge in [0.2, 0.25) is 0 Å². The van der Waals surface area contributed by atoms with Crippen molar-refractivity contribution >= 4 is 0 Å². The summed E-state index contributed by atoms with van der Waals surface area (Å²) in [5.41, 5.74) is 0. The third-order valence-corrected chi connectivity index (χ3v) is 2.14. The van der Waals surface area contributed by atoms with Gasteiger partial charge in [0, 0.05) is 0 Å². The Labute approximate surface area is 65.3 Å². The molecule has 0 aromatic heterocycles. The fourth-order valence-corrected chi connectivity index (χ4v) is 1.22. The predicted molar refractivity (Wildman–Crippen MR) is 46.8 cm³/mol. The van der Waals surface area contributed by atoms with E-state index >= 15 is 0 Å². The van der Waals surface area contributed by atoms with Crippen molar-refractivity contribution in [1.82, 2.24) is 0 Å². The largest absolute Gasteiger partial charge is 0.0845 e. The monoisotopic (exact) mass is 139 g/mol. The van der Waals surface area contributed by atoms with Gasteiger partial charge < -0.3 is 0 Å². The molecular formula is C10H19. The van der Waals surface area contributed by atoms with E-state index in [1.165, 1.54) is 25.7 Å². The maximum absolute atomic E-state index is 5.27. The Balaban J connectivity index is 3.16. The lowest BCUT2D eigenvalue weighted by atomic mass is 9.97. The van der Waals surface area contributed by atoms with Gasteiger partial charge in [0.25, 0.3) is 0 Å². The van der Waals surface area contributed by atoms with Crippen molar-refractivity contribution < 1.29 is 0 Å². The van der Waals surface area contributed by atoms with E-state index in [1.807, 2.05) is 0 Å². The Morgan fingerprint density at radius 2 is 1.90 bits per heavy atom. The van der Waals surface area contributed by atoms with Crippen LogP contribution < -0.4 is 0 Å².